The molecule has 19 heavy (non-hydrogen) atoms. The van der Waals surface area contributed by atoms with Crippen LogP contribution in [0.3, 0.4) is 0 Å². The van der Waals surface area contributed by atoms with E-state index < -0.39 is 0 Å². The van der Waals surface area contributed by atoms with Crippen molar-refractivity contribution in [3.63, 3.8) is 0 Å². The minimum atomic E-state index is 0.443. The summed E-state index contributed by atoms with van der Waals surface area (Å²) in [6.45, 7) is 5.15. The van der Waals surface area contributed by atoms with Crippen LogP contribution < -0.4 is 0 Å². The second-order valence-electron chi connectivity index (χ2n) is 5.27. The van der Waals surface area contributed by atoms with Crippen LogP contribution in [0.25, 0.3) is 0 Å². The fourth-order valence-electron chi connectivity index (χ4n) is 2.88. The van der Waals surface area contributed by atoms with E-state index in [-0.39, 0.29) is 0 Å². The average molecular weight is 259 g/mol. The fraction of sp³-hybridized carbons (Fsp3) is 0.533. The average Bonchev–Trinajstić information content (AvgIpc) is 3.08. The molecule has 1 saturated heterocycles. The minimum absolute atomic E-state index is 0.443. The molecule has 0 saturated carbocycles. The molecule has 102 valence electrons. The highest BCUT2D eigenvalue weighted by Crippen LogP contribution is 2.31. The highest BCUT2D eigenvalue weighted by atomic mass is 16.3. The van der Waals surface area contributed by atoms with E-state index in [0.29, 0.717) is 6.04 Å². The number of piperidine rings is 1. The van der Waals surface area contributed by atoms with Gasteiger partial charge in [0.15, 0.2) is 0 Å². The molecule has 0 spiro atoms. The van der Waals surface area contributed by atoms with Gasteiger partial charge < -0.3 is 4.42 Å². The summed E-state index contributed by atoms with van der Waals surface area (Å²) in [6, 6.07) is 6.61. The van der Waals surface area contributed by atoms with E-state index in [1.807, 2.05) is 30.1 Å². The Kier molecular flexibility index (Phi) is 3.69. The molecule has 0 bridgehead atoms. The second-order valence-corrected chi connectivity index (χ2v) is 5.27. The summed E-state index contributed by atoms with van der Waals surface area (Å²) in [5.74, 6) is 2.13. The molecule has 4 heteroatoms. The summed E-state index contributed by atoms with van der Waals surface area (Å²) in [4.78, 5) is 2.53. The van der Waals surface area contributed by atoms with Gasteiger partial charge in [0.1, 0.15) is 11.5 Å². The Morgan fingerprint density at radius 2 is 2.26 bits per heavy atom. The monoisotopic (exact) mass is 259 g/mol. The van der Waals surface area contributed by atoms with Crippen molar-refractivity contribution < 1.29 is 4.42 Å². The molecule has 3 heterocycles. The Labute approximate surface area is 114 Å². The van der Waals surface area contributed by atoms with Crippen molar-refractivity contribution >= 4 is 0 Å². The van der Waals surface area contributed by atoms with Crippen molar-refractivity contribution in [2.45, 2.75) is 38.8 Å². The Morgan fingerprint density at radius 3 is 3.00 bits per heavy atom. The molecule has 0 radical (unpaired) electrons. The van der Waals surface area contributed by atoms with Gasteiger partial charge in [0.2, 0.25) is 0 Å². The normalized spacial score (nSPS) is 20.8. The maximum absolute atomic E-state index is 5.83. The summed E-state index contributed by atoms with van der Waals surface area (Å²) in [7, 11) is 0. The maximum atomic E-state index is 5.83. The molecular formula is C15H21N3O. The summed E-state index contributed by atoms with van der Waals surface area (Å²) < 4.78 is 7.83. The molecule has 1 fully saturated rings. The molecule has 2 aromatic rings. The molecule has 2 aromatic heterocycles. The van der Waals surface area contributed by atoms with E-state index in [0.717, 1.165) is 31.2 Å². The zero-order valence-electron chi connectivity index (χ0n) is 11.5. The third-order valence-electron chi connectivity index (χ3n) is 3.88. The van der Waals surface area contributed by atoms with E-state index >= 15 is 0 Å². The van der Waals surface area contributed by atoms with Crippen molar-refractivity contribution in [3.05, 3.63) is 42.1 Å². The quantitative estimate of drug-likeness (QED) is 0.846. The SMILES string of the molecule is Cc1ccc(C2CCCCN2CCn2cccn2)o1. The third-order valence-corrected chi connectivity index (χ3v) is 3.88. The van der Waals surface area contributed by atoms with E-state index in [2.05, 4.69) is 22.1 Å². The van der Waals surface area contributed by atoms with E-state index in [4.69, 9.17) is 4.42 Å². The molecule has 0 N–H and O–H groups in total. The van der Waals surface area contributed by atoms with Gasteiger partial charge in [0.05, 0.1) is 12.6 Å². The highest BCUT2D eigenvalue weighted by molar-refractivity contribution is 5.10. The van der Waals surface area contributed by atoms with Crippen molar-refractivity contribution in [2.24, 2.45) is 0 Å². The zero-order chi connectivity index (χ0) is 13.1. The van der Waals surface area contributed by atoms with Crippen LogP contribution in [0.5, 0.6) is 0 Å². The van der Waals surface area contributed by atoms with E-state index in [1.165, 1.54) is 19.3 Å². The lowest BCUT2D eigenvalue weighted by atomic mass is 10.00. The van der Waals surface area contributed by atoms with Crippen molar-refractivity contribution in [1.82, 2.24) is 14.7 Å². The lowest BCUT2D eigenvalue weighted by Crippen LogP contribution is -2.35. The van der Waals surface area contributed by atoms with Crippen LogP contribution in [0.2, 0.25) is 0 Å². The molecule has 1 aliphatic rings. The first-order valence-corrected chi connectivity index (χ1v) is 7.11. The summed E-state index contributed by atoms with van der Waals surface area (Å²) in [5.41, 5.74) is 0. The van der Waals surface area contributed by atoms with Crippen LogP contribution in [0, 0.1) is 6.92 Å². The van der Waals surface area contributed by atoms with Gasteiger partial charge in [0.25, 0.3) is 0 Å². The van der Waals surface area contributed by atoms with Crippen molar-refractivity contribution in [2.75, 3.05) is 13.1 Å². The van der Waals surface area contributed by atoms with Gasteiger partial charge in [-0.2, -0.15) is 5.10 Å². The summed E-state index contributed by atoms with van der Waals surface area (Å²) in [6.07, 6.45) is 7.64. The van der Waals surface area contributed by atoms with Crippen LogP contribution in [-0.2, 0) is 6.54 Å². The summed E-state index contributed by atoms with van der Waals surface area (Å²) in [5, 5.41) is 4.27. The second kappa shape index (κ2) is 5.61. The number of aromatic nitrogens is 2. The zero-order valence-corrected chi connectivity index (χ0v) is 11.5. The van der Waals surface area contributed by atoms with Gasteiger partial charge in [-0.1, -0.05) is 6.42 Å². The number of aryl methyl sites for hydroxylation is 1. The van der Waals surface area contributed by atoms with Crippen LogP contribution >= 0.6 is 0 Å². The molecule has 0 aliphatic carbocycles. The number of nitrogens with zero attached hydrogens (tertiary/aromatic N) is 3. The van der Waals surface area contributed by atoms with Crippen molar-refractivity contribution in [1.29, 1.82) is 0 Å². The largest absolute Gasteiger partial charge is 0.465 e. The lowest BCUT2D eigenvalue weighted by Gasteiger charge is -2.34. The molecular weight excluding hydrogens is 238 g/mol. The predicted octanol–water partition coefficient (Wildman–Crippen LogP) is 3.01. The number of furan rings is 1. The van der Waals surface area contributed by atoms with Gasteiger partial charge in [0, 0.05) is 18.9 Å². The first-order chi connectivity index (χ1) is 9.33. The molecule has 3 rings (SSSR count). The number of hydrogen-bond donors (Lipinski definition) is 0. The molecule has 0 aromatic carbocycles. The number of likely N-dealkylation sites (tertiary alicyclic amines) is 1. The van der Waals surface area contributed by atoms with Gasteiger partial charge in [-0.05, 0) is 44.5 Å². The van der Waals surface area contributed by atoms with Crippen LogP contribution in [0.4, 0.5) is 0 Å². The molecule has 0 amide bonds. The first-order valence-electron chi connectivity index (χ1n) is 7.11. The molecule has 4 nitrogen and oxygen atoms in total. The number of rotatable bonds is 4. The highest BCUT2D eigenvalue weighted by Gasteiger charge is 2.25. The molecule has 1 aliphatic heterocycles. The topological polar surface area (TPSA) is 34.2 Å². The predicted molar refractivity (Wildman–Crippen MR) is 73.8 cm³/mol. The van der Waals surface area contributed by atoms with E-state index in [9.17, 15) is 0 Å². The Balaban J connectivity index is 1.67. The van der Waals surface area contributed by atoms with Crippen molar-refractivity contribution in [3.8, 4) is 0 Å². The Bertz CT molecular complexity index is 503. The van der Waals surface area contributed by atoms with Gasteiger partial charge in [-0.3, -0.25) is 9.58 Å². The van der Waals surface area contributed by atoms with E-state index in [1.54, 1.807) is 0 Å². The summed E-state index contributed by atoms with van der Waals surface area (Å²) >= 11 is 0. The standard InChI is InChI=1S/C15H21N3O/c1-13-6-7-15(19-13)14-5-2-3-9-17(14)11-12-18-10-4-8-16-18/h4,6-8,10,14H,2-3,5,9,11-12H2,1H3. The maximum Gasteiger partial charge on any atom is 0.121 e. The van der Waals surface area contributed by atoms with Gasteiger partial charge in [-0.15, -0.1) is 0 Å². The smallest absolute Gasteiger partial charge is 0.121 e. The first kappa shape index (κ1) is 12.5. The Morgan fingerprint density at radius 1 is 1.32 bits per heavy atom. The Hall–Kier alpha value is -1.55. The van der Waals surface area contributed by atoms with Crippen LogP contribution in [0.1, 0.15) is 36.8 Å². The van der Waals surface area contributed by atoms with Gasteiger partial charge >= 0.3 is 0 Å². The lowest BCUT2D eigenvalue weighted by molar-refractivity contribution is 0.123. The molecule has 1 unspecified atom stereocenters. The third kappa shape index (κ3) is 2.89. The molecule has 1 atom stereocenters. The fourth-order valence-corrected chi connectivity index (χ4v) is 2.88. The van der Waals surface area contributed by atoms with Crippen LogP contribution in [0.15, 0.2) is 35.0 Å². The van der Waals surface area contributed by atoms with Gasteiger partial charge in [-0.25, -0.2) is 0 Å². The minimum Gasteiger partial charge on any atom is -0.465 e. The number of hydrogen-bond acceptors (Lipinski definition) is 3. The van der Waals surface area contributed by atoms with Crippen LogP contribution in [-0.4, -0.2) is 27.8 Å².